The van der Waals surface area contributed by atoms with Gasteiger partial charge in [0.15, 0.2) is 3.95 Å². The number of aryl methyl sites for hydroxylation is 1. The van der Waals surface area contributed by atoms with Gasteiger partial charge in [0.2, 0.25) is 5.91 Å². The number of aromatic nitrogens is 2. The van der Waals surface area contributed by atoms with E-state index < -0.39 is 0 Å². The van der Waals surface area contributed by atoms with Crippen molar-refractivity contribution in [2.75, 3.05) is 20.1 Å². The fraction of sp³-hybridized carbons (Fsp3) is 0.700. The molecular formula is C10H18N4OS2. The van der Waals surface area contributed by atoms with Crippen LogP contribution in [-0.4, -0.2) is 40.7 Å². The molecule has 0 aliphatic heterocycles. The summed E-state index contributed by atoms with van der Waals surface area (Å²) in [5, 5.41) is 8.06. The average molecular weight is 274 g/mol. The van der Waals surface area contributed by atoms with Crippen molar-refractivity contribution >= 4 is 29.5 Å². The molecule has 0 saturated carbocycles. The highest BCUT2D eigenvalue weighted by molar-refractivity contribution is 7.73. The second kappa shape index (κ2) is 6.83. The Kier molecular flexibility index (Phi) is 5.73. The minimum Gasteiger partial charge on any atom is -0.355 e. The summed E-state index contributed by atoms with van der Waals surface area (Å²) in [6.45, 7) is 5.58. The molecule has 1 amide bonds. The maximum absolute atomic E-state index is 11.5. The molecular weight excluding hydrogens is 256 g/mol. The van der Waals surface area contributed by atoms with Gasteiger partial charge < -0.3 is 5.32 Å². The van der Waals surface area contributed by atoms with E-state index in [1.54, 1.807) is 4.68 Å². The number of hydrogen-bond donors (Lipinski definition) is 1. The molecule has 0 aliphatic carbocycles. The standard InChI is InChI=1S/C10H18N4OS2/c1-4-5-11-9(15)6-13(3)7-14-10(16)17-8(2)12-14/h4-7H2,1-3H3,(H,11,15). The van der Waals surface area contributed by atoms with E-state index >= 15 is 0 Å². The molecule has 0 atom stereocenters. The quantitative estimate of drug-likeness (QED) is 0.797. The van der Waals surface area contributed by atoms with Crippen LogP contribution in [0.2, 0.25) is 0 Å². The lowest BCUT2D eigenvalue weighted by Gasteiger charge is -2.15. The largest absolute Gasteiger partial charge is 0.355 e. The topological polar surface area (TPSA) is 50.2 Å². The predicted molar refractivity (Wildman–Crippen MR) is 71.6 cm³/mol. The molecule has 96 valence electrons. The molecule has 0 aliphatic rings. The first-order chi connectivity index (χ1) is 8.02. The molecule has 0 fully saturated rings. The summed E-state index contributed by atoms with van der Waals surface area (Å²) >= 11 is 6.65. The Morgan fingerprint density at radius 1 is 1.65 bits per heavy atom. The Morgan fingerprint density at radius 2 is 2.35 bits per heavy atom. The zero-order valence-electron chi connectivity index (χ0n) is 10.4. The number of nitrogens with zero attached hydrogens (tertiary/aromatic N) is 3. The monoisotopic (exact) mass is 274 g/mol. The summed E-state index contributed by atoms with van der Waals surface area (Å²) in [6.07, 6.45) is 0.950. The van der Waals surface area contributed by atoms with Gasteiger partial charge in [0.1, 0.15) is 5.01 Å². The number of carbonyl (C=O) groups is 1. The summed E-state index contributed by atoms with van der Waals surface area (Å²) < 4.78 is 2.48. The summed E-state index contributed by atoms with van der Waals surface area (Å²) in [5.41, 5.74) is 0. The van der Waals surface area contributed by atoms with Crippen LogP contribution >= 0.6 is 23.6 Å². The van der Waals surface area contributed by atoms with E-state index in [1.165, 1.54) is 11.3 Å². The molecule has 1 N–H and O–H groups in total. The van der Waals surface area contributed by atoms with Gasteiger partial charge in [-0.05, 0) is 32.6 Å². The van der Waals surface area contributed by atoms with E-state index in [0.29, 0.717) is 13.2 Å². The number of rotatable bonds is 6. The van der Waals surface area contributed by atoms with Crippen LogP contribution in [0.25, 0.3) is 0 Å². The molecule has 0 spiro atoms. The SMILES string of the molecule is CCCNC(=O)CN(C)Cn1nc(C)sc1=S. The molecule has 5 nitrogen and oxygen atoms in total. The Bertz CT molecular complexity index is 426. The normalized spacial score (nSPS) is 10.8. The molecule has 17 heavy (non-hydrogen) atoms. The Hall–Kier alpha value is -0.790. The van der Waals surface area contributed by atoms with Gasteiger partial charge in [-0.1, -0.05) is 18.3 Å². The fourth-order valence-corrected chi connectivity index (χ4v) is 2.40. The number of hydrogen-bond acceptors (Lipinski definition) is 5. The molecule has 1 aromatic heterocycles. The van der Waals surface area contributed by atoms with Gasteiger partial charge in [-0.15, -0.1) is 0 Å². The van der Waals surface area contributed by atoms with E-state index in [2.05, 4.69) is 10.4 Å². The smallest absolute Gasteiger partial charge is 0.234 e. The van der Waals surface area contributed by atoms with Crippen molar-refractivity contribution in [3.8, 4) is 0 Å². The van der Waals surface area contributed by atoms with Gasteiger partial charge in [0.25, 0.3) is 0 Å². The van der Waals surface area contributed by atoms with Gasteiger partial charge in [-0.25, -0.2) is 4.68 Å². The lowest BCUT2D eigenvalue weighted by atomic mass is 10.4. The van der Waals surface area contributed by atoms with Gasteiger partial charge in [-0.3, -0.25) is 9.69 Å². The third-order valence-electron chi connectivity index (χ3n) is 2.07. The first-order valence-corrected chi connectivity index (χ1v) is 6.75. The highest BCUT2D eigenvalue weighted by Crippen LogP contribution is 2.06. The van der Waals surface area contributed by atoms with Crippen molar-refractivity contribution in [2.45, 2.75) is 26.9 Å². The zero-order chi connectivity index (χ0) is 12.8. The van der Waals surface area contributed by atoms with Gasteiger partial charge in [-0.2, -0.15) is 5.10 Å². The zero-order valence-corrected chi connectivity index (χ0v) is 12.0. The minimum absolute atomic E-state index is 0.0350. The van der Waals surface area contributed by atoms with E-state index in [9.17, 15) is 4.79 Å². The van der Waals surface area contributed by atoms with E-state index in [-0.39, 0.29) is 5.91 Å². The Morgan fingerprint density at radius 3 is 2.88 bits per heavy atom. The van der Waals surface area contributed by atoms with Crippen molar-refractivity contribution in [3.05, 3.63) is 8.96 Å². The van der Waals surface area contributed by atoms with Crippen LogP contribution in [0, 0.1) is 10.9 Å². The maximum atomic E-state index is 11.5. The van der Waals surface area contributed by atoms with Gasteiger partial charge in [0.05, 0.1) is 13.2 Å². The van der Waals surface area contributed by atoms with E-state index in [4.69, 9.17) is 12.2 Å². The Labute approximate surface area is 110 Å². The average Bonchev–Trinajstić information content (AvgIpc) is 2.54. The first-order valence-electron chi connectivity index (χ1n) is 5.52. The molecule has 0 radical (unpaired) electrons. The van der Waals surface area contributed by atoms with Crippen molar-refractivity contribution in [1.29, 1.82) is 0 Å². The molecule has 1 rings (SSSR count). The van der Waals surface area contributed by atoms with Crippen molar-refractivity contribution in [1.82, 2.24) is 20.0 Å². The highest BCUT2D eigenvalue weighted by Gasteiger charge is 2.07. The summed E-state index contributed by atoms with van der Waals surface area (Å²) in [7, 11) is 1.88. The third kappa shape index (κ3) is 4.93. The molecule has 1 aromatic rings. The van der Waals surface area contributed by atoms with Crippen LogP contribution in [0.1, 0.15) is 18.4 Å². The number of nitrogens with one attached hydrogen (secondary N) is 1. The molecule has 0 saturated heterocycles. The van der Waals surface area contributed by atoms with Gasteiger partial charge >= 0.3 is 0 Å². The van der Waals surface area contributed by atoms with Crippen LogP contribution in [-0.2, 0) is 11.5 Å². The maximum Gasteiger partial charge on any atom is 0.234 e. The molecule has 1 heterocycles. The number of likely N-dealkylation sites (N-methyl/N-ethyl adjacent to an activating group) is 1. The van der Waals surface area contributed by atoms with Crippen molar-refractivity contribution < 1.29 is 4.79 Å². The van der Waals surface area contributed by atoms with Crippen LogP contribution in [0.5, 0.6) is 0 Å². The number of amides is 1. The summed E-state index contributed by atoms with van der Waals surface area (Å²) in [4.78, 5) is 13.4. The van der Waals surface area contributed by atoms with Crippen LogP contribution < -0.4 is 5.32 Å². The van der Waals surface area contributed by atoms with Gasteiger partial charge in [0, 0.05) is 6.54 Å². The van der Waals surface area contributed by atoms with E-state index in [0.717, 1.165) is 21.9 Å². The van der Waals surface area contributed by atoms with Crippen LogP contribution in [0.3, 0.4) is 0 Å². The molecule has 0 aromatic carbocycles. The first kappa shape index (κ1) is 14.3. The van der Waals surface area contributed by atoms with Crippen LogP contribution in [0.4, 0.5) is 0 Å². The molecule has 0 unspecified atom stereocenters. The molecule has 7 heteroatoms. The Balaban J connectivity index is 2.44. The lowest BCUT2D eigenvalue weighted by Crippen LogP contribution is -2.36. The second-order valence-electron chi connectivity index (χ2n) is 3.89. The second-order valence-corrected chi connectivity index (χ2v) is 5.72. The lowest BCUT2D eigenvalue weighted by molar-refractivity contribution is -0.122. The summed E-state index contributed by atoms with van der Waals surface area (Å²) in [6, 6.07) is 0. The fourth-order valence-electron chi connectivity index (χ4n) is 1.34. The highest BCUT2D eigenvalue weighted by atomic mass is 32.1. The number of carbonyl (C=O) groups excluding carboxylic acids is 1. The third-order valence-corrected chi connectivity index (χ3v) is 3.29. The molecule has 0 bridgehead atoms. The minimum atomic E-state index is 0.0350. The van der Waals surface area contributed by atoms with Crippen molar-refractivity contribution in [2.24, 2.45) is 0 Å². The summed E-state index contributed by atoms with van der Waals surface area (Å²) in [5.74, 6) is 0.0350. The van der Waals surface area contributed by atoms with Crippen molar-refractivity contribution in [3.63, 3.8) is 0 Å². The van der Waals surface area contributed by atoms with Crippen LogP contribution in [0.15, 0.2) is 0 Å². The van der Waals surface area contributed by atoms with E-state index in [1.807, 2.05) is 25.8 Å². The predicted octanol–water partition coefficient (Wildman–Crippen LogP) is 1.40.